The van der Waals surface area contributed by atoms with Crippen LogP contribution in [0.25, 0.3) is 11.3 Å². The third-order valence-electron chi connectivity index (χ3n) is 5.85. The predicted octanol–water partition coefficient (Wildman–Crippen LogP) is 4.44. The number of rotatable bonds is 6. The number of pyridine rings is 1. The monoisotopic (exact) mass is 464 g/mol. The van der Waals surface area contributed by atoms with Crippen molar-refractivity contribution in [2.75, 3.05) is 17.2 Å². The van der Waals surface area contributed by atoms with Gasteiger partial charge in [-0.1, -0.05) is 18.2 Å². The van der Waals surface area contributed by atoms with E-state index >= 15 is 0 Å². The maximum atomic E-state index is 13.0. The molecule has 0 atom stereocenters. The van der Waals surface area contributed by atoms with E-state index in [1.807, 2.05) is 55.5 Å². The Morgan fingerprint density at radius 1 is 1.06 bits per heavy atom. The number of hydrogen-bond acceptors (Lipinski definition) is 6. The van der Waals surface area contributed by atoms with E-state index in [-0.39, 0.29) is 18.2 Å². The van der Waals surface area contributed by atoms with Crippen LogP contribution in [0.2, 0.25) is 0 Å². The summed E-state index contributed by atoms with van der Waals surface area (Å²) in [5, 5.41) is 6.12. The molecule has 0 aliphatic carbocycles. The van der Waals surface area contributed by atoms with Crippen molar-refractivity contribution in [1.29, 1.82) is 0 Å². The van der Waals surface area contributed by atoms with Gasteiger partial charge in [-0.05, 0) is 55.0 Å². The van der Waals surface area contributed by atoms with Crippen molar-refractivity contribution in [1.82, 2.24) is 19.9 Å². The van der Waals surface area contributed by atoms with Crippen LogP contribution in [0.1, 0.15) is 28.4 Å². The molecule has 0 saturated carbocycles. The summed E-state index contributed by atoms with van der Waals surface area (Å²) in [6.07, 6.45) is 5.36. The molecule has 35 heavy (non-hydrogen) atoms. The summed E-state index contributed by atoms with van der Waals surface area (Å²) in [7, 11) is 0. The number of fused-ring (bicyclic) bond motifs is 3. The lowest BCUT2D eigenvalue weighted by Crippen LogP contribution is -2.30. The number of aromatic nitrogens is 3. The van der Waals surface area contributed by atoms with Crippen molar-refractivity contribution in [3.05, 3.63) is 95.9 Å². The molecule has 0 bridgehead atoms. The molecule has 0 radical (unpaired) electrons. The molecule has 8 nitrogen and oxygen atoms in total. The van der Waals surface area contributed by atoms with Crippen LogP contribution in [0.3, 0.4) is 0 Å². The first kappa shape index (κ1) is 22.2. The second kappa shape index (κ2) is 9.72. The zero-order chi connectivity index (χ0) is 24.2. The van der Waals surface area contributed by atoms with Gasteiger partial charge in [-0.3, -0.25) is 14.6 Å². The van der Waals surface area contributed by atoms with E-state index in [9.17, 15) is 9.59 Å². The van der Waals surface area contributed by atoms with E-state index < -0.39 is 0 Å². The molecule has 4 aromatic rings. The minimum absolute atomic E-state index is 0.0362. The number of anilines is 3. The maximum absolute atomic E-state index is 13.0. The van der Waals surface area contributed by atoms with E-state index in [1.54, 1.807) is 35.6 Å². The summed E-state index contributed by atoms with van der Waals surface area (Å²) >= 11 is 0. The molecule has 1 aliphatic rings. The smallest absolute Gasteiger partial charge is 0.254 e. The molecule has 2 aromatic heterocycles. The summed E-state index contributed by atoms with van der Waals surface area (Å²) in [6.45, 7) is 3.09. The Hall–Kier alpha value is -4.59. The summed E-state index contributed by atoms with van der Waals surface area (Å²) < 4.78 is 0. The lowest BCUT2D eigenvalue weighted by molar-refractivity contribution is -0.115. The fourth-order valence-corrected chi connectivity index (χ4v) is 4.04. The van der Waals surface area contributed by atoms with Gasteiger partial charge in [0.2, 0.25) is 11.9 Å². The highest BCUT2D eigenvalue weighted by atomic mass is 16.2. The Balaban J connectivity index is 1.34. The zero-order valence-corrected chi connectivity index (χ0v) is 19.2. The standard InChI is InChI=1S/C27H24N6O2/c1-2-33(17-18-11-13-28-14-12-18)26(35)19-7-9-21(10-8-19)30-27-29-16-20-15-24(34)31-23-6-4-3-5-22(23)25(20)32-27/h3-14,16H,2,15,17H2,1H3,(H,31,34)(H,29,30,32). The van der Waals surface area contributed by atoms with Crippen LogP contribution in [0, 0.1) is 0 Å². The van der Waals surface area contributed by atoms with Gasteiger partial charge in [-0.15, -0.1) is 0 Å². The third-order valence-corrected chi connectivity index (χ3v) is 5.85. The molecular weight excluding hydrogens is 440 g/mol. The van der Waals surface area contributed by atoms with Crippen LogP contribution in [-0.4, -0.2) is 38.2 Å². The highest BCUT2D eigenvalue weighted by molar-refractivity contribution is 6.00. The van der Waals surface area contributed by atoms with E-state index in [0.29, 0.717) is 24.6 Å². The minimum atomic E-state index is -0.0918. The Bertz CT molecular complexity index is 1370. The van der Waals surface area contributed by atoms with E-state index in [0.717, 1.165) is 33.8 Å². The van der Waals surface area contributed by atoms with Crippen molar-refractivity contribution in [3.63, 3.8) is 0 Å². The summed E-state index contributed by atoms with van der Waals surface area (Å²) in [5.41, 5.74) is 5.48. The molecule has 0 saturated heterocycles. The van der Waals surface area contributed by atoms with Crippen LogP contribution in [0.15, 0.2) is 79.3 Å². The topological polar surface area (TPSA) is 100 Å². The van der Waals surface area contributed by atoms with Crippen molar-refractivity contribution < 1.29 is 9.59 Å². The Morgan fingerprint density at radius 2 is 1.83 bits per heavy atom. The van der Waals surface area contributed by atoms with Crippen molar-refractivity contribution in [3.8, 4) is 11.3 Å². The molecule has 2 aromatic carbocycles. The van der Waals surface area contributed by atoms with Crippen LogP contribution in [0.5, 0.6) is 0 Å². The zero-order valence-electron chi connectivity index (χ0n) is 19.2. The van der Waals surface area contributed by atoms with Crippen molar-refractivity contribution in [2.24, 2.45) is 0 Å². The van der Waals surface area contributed by atoms with Crippen LogP contribution >= 0.6 is 0 Å². The fourth-order valence-electron chi connectivity index (χ4n) is 4.04. The molecule has 2 amide bonds. The molecular formula is C27H24N6O2. The number of hydrogen-bond donors (Lipinski definition) is 2. The third kappa shape index (κ3) is 4.86. The van der Waals surface area contributed by atoms with Gasteiger partial charge < -0.3 is 15.5 Å². The lowest BCUT2D eigenvalue weighted by atomic mass is 10.1. The van der Waals surface area contributed by atoms with Gasteiger partial charge in [0.1, 0.15) is 0 Å². The highest BCUT2D eigenvalue weighted by Gasteiger charge is 2.21. The number of carbonyl (C=O) groups excluding carboxylic acids is 2. The second-order valence-electron chi connectivity index (χ2n) is 8.22. The first-order chi connectivity index (χ1) is 17.1. The van der Waals surface area contributed by atoms with Gasteiger partial charge in [-0.2, -0.15) is 0 Å². The Labute approximate surface area is 203 Å². The number of nitrogens with zero attached hydrogens (tertiary/aromatic N) is 4. The number of amides is 2. The summed E-state index contributed by atoms with van der Waals surface area (Å²) in [5.74, 6) is 0.289. The molecule has 1 aliphatic heterocycles. The molecule has 8 heteroatoms. The average Bonchev–Trinajstić information content (AvgIpc) is 3.03. The molecule has 5 rings (SSSR count). The van der Waals surface area contributed by atoms with Crippen LogP contribution < -0.4 is 10.6 Å². The quantitative estimate of drug-likeness (QED) is 0.438. The number of benzene rings is 2. The van der Waals surface area contributed by atoms with Gasteiger partial charge >= 0.3 is 0 Å². The molecule has 0 spiro atoms. The largest absolute Gasteiger partial charge is 0.335 e. The normalized spacial score (nSPS) is 12.1. The molecule has 174 valence electrons. The maximum Gasteiger partial charge on any atom is 0.254 e. The Kier molecular flexibility index (Phi) is 6.17. The second-order valence-corrected chi connectivity index (χ2v) is 8.22. The highest BCUT2D eigenvalue weighted by Crippen LogP contribution is 2.32. The Morgan fingerprint density at radius 3 is 2.60 bits per heavy atom. The van der Waals surface area contributed by atoms with Crippen molar-refractivity contribution >= 4 is 29.1 Å². The number of para-hydroxylation sites is 1. The van der Waals surface area contributed by atoms with Crippen LogP contribution in [-0.2, 0) is 17.8 Å². The number of nitrogens with one attached hydrogen (secondary N) is 2. The van der Waals surface area contributed by atoms with Crippen molar-refractivity contribution in [2.45, 2.75) is 19.9 Å². The number of carbonyl (C=O) groups is 2. The summed E-state index contributed by atoms with van der Waals surface area (Å²) in [6, 6.07) is 18.7. The summed E-state index contributed by atoms with van der Waals surface area (Å²) in [4.78, 5) is 40.2. The van der Waals surface area contributed by atoms with Gasteiger partial charge in [-0.25, -0.2) is 9.97 Å². The van der Waals surface area contributed by atoms with Crippen LogP contribution in [0.4, 0.5) is 17.3 Å². The minimum Gasteiger partial charge on any atom is -0.335 e. The predicted molar refractivity (Wildman–Crippen MR) is 134 cm³/mol. The molecule has 2 N–H and O–H groups in total. The van der Waals surface area contributed by atoms with Gasteiger partial charge in [0, 0.05) is 54.1 Å². The van der Waals surface area contributed by atoms with Gasteiger partial charge in [0.05, 0.1) is 17.8 Å². The SMILES string of the molecule is CCN(Cc1ccncc1)C(=O)c1ccc(Nc2ncc3c(n2)-c2ccccc2NC(=O)C3)cc1. The first-order valence-electron chi connectivity index (χ1n) is 11.4. The fraction of sp³-hybridized carbons (Fsp3) is 0.148. The average molecular weight is 465 g/mol. The van der Waals surface area contributed by atoms with Gasteiger partial charge in [0.25, 0.3) is 5.91 Å². The first-order valence-corrected chi connectivity index (χ1v) is 11.4. The lowest BCUT2D eigenvalue weighted by Gasteiger charge is -2.21. The molecule has 3 heterocycles. The molecule has 0 unspecified atom stereocenters. The van der Waals surface area contributed by atoms with E-state index in [1.165, 1.54) is 0 Å². The molecule has 0 fully saturated rings. The van der Waals surface area contributed by atoms with E-state index in [2.05, 4.69) is 20.6 Å². The van der Waals surface area contributed by atoms with E-state index in [4.69, 9.17) is 4.98 Å². The van der Waals surface area contributed by atoms with Gasteiger partial charge in [0.15, 0.2) is 0 Å².